The number of benzene rings is 3. The Balaban J connectivity index is 1.67. The van der Waals surface area contributed by atoms with Gasteiger partial charge in [0.1, 0.15) is 27.5 Å². The van der Waals surface area contributed by atoms with Crippen molar-refractivity contribution in [3.8, 4) is 23.1 Å². The van der Waals surface area contributed by atoms with Crippen molar-refractivity contribution in [1.82, 2.24) is 4.98 Å². The number of rotatable bonds is 8. The molecular formula is C28H21BrN4O3S. The van der Waals surface area contributed by atoms with Crippen molar-refractivity contribution in [1.29, 1.82) is 5.26 Å². The number of aryl methyl sites for hydroxylation is 1. The topological polar surface area (TPSA) is 118 Å². The van der Waals surface area contributed by atoms with E-state index in [1.54, 1.807) is 54.6 Å². The fraction of sp³-hybridized carbons (Fsp3) is 0.0714. The molecule has 0 saturated heterocycles. The molecule has 0 atom stereocenters. The van der Waals surface area contributed by atoms with E-state index in [4.69, 9.17) is 15.5 Å². The van der Waals surface area contributed by atoms with Crippen LogP contribution >= 0.6 is 27.3 Å². The van der Waals surface area contributed by atoms with Gasteiger partial charge in [-0.25, -0.2) is 4.98 Å². The summed E-state index contributed by atoms with van der Waals surface area (Å²) in [7, 11) is 0. The molecule has 0 unspecified atom stereocenters. The van der Waals surface area contributed by atoms with Crippen LogP contribution in [0.5, 0.6) is 5.75 Å². The molecule has 0 aliphatic rings. The van der Waals surface area contributed by atoms with E-state index in [0.717, 1.165) is 21.2 Å². The van der Waals surface area contributed by atoms with E-state index in [-0.39, 0.29) is 12.5 Å². The Bertz CT molecular complexity index is 1500. The van der Waals surface area contributed by atoms with Crippen LogP contribution in [0, 0.1) is 18.3 Å². The molecule has 4 aromatic rings. The number of nitriles is 1. The molecule has 184 valence electrons. The first kappa shape index (κ1) is 25.8. The van der Waals surface area contributed by atoms with Gasteiger partial charge in [0.2, 0.25) is 0 Å². The summed E-state index contributed by atoms with van der Waals surface area (Å²) in [5.74, 6) is -0.347. The third-order valence-corrected chi connectivity index (χ3v) is 6.74. The number of thiazole rings is 1. The molecule has 1 aromatic heterocycles. The minimum absolute atomic E-state index is 0.214. The van der Waals surface area contributed by atoms with Gasteiger partial charge in [-0.3, -0.25) is 9.59 Å². The first-order valence-electron chi connectivity index (χ1n) is 11.1. The minimum atomic E-state index is -0.563. The van der Waals surface area contributed by atoms with Gasteiger partial charge in [-0.1, -0.05) is 69.2 Å². The van der Waals surface area contributed by atoms with E-state index in [9.17, 15) is 14.9 Å². The van der Waals surface area contributed by atoms with Gasteiger partial charge in [-0.2, -0.15) is 5.26 Å². The van der Waals surface area contributed by atoms with Crippen LogP contribution in [0.2, 0.25) is 0 Å². The number of nitrogens with zero attached hydrogens (tertiary/aromatic N) is 2. The van der Waals surface area contributed by atoms with Gasteiger partial charge in [0.05, 0.1) is 5.57 Å². The molecule has 3 aromatic carbocycles. The first-order valence-corrected chi connectivity index (χ1v) is 12.7. The molecule has 0 bridgehead atoms. The predicted molar refractivity (Wildman–Crippen MR) is 149 cm³/mol. The molecule has 3 N–H and O–H groups in total. The number of hydrogen-bond donors (Lipinski definition) is 2. The largest absolute Gasteiger partial charge is 0.484 e. The lowest BCUT2D eigenvalue weighted by Gasteiger charge is -2.06. The highest BCUT2D eigenvalue weighted by atomic mass is 79.9. The zero-order valence-corrected chi connectivity index (χ0v) is 22.1. The van der Waals surface area contributed by atoms with Gasteiger partial charge in [0, 0.05) is 15.6 Å². The molecule has 4 rings (SSSR count). The van der Waals surface area contributed by atoms with Gasteiger partial charge in [-0.15, -0.1) is 0 Å². The number of carbonyl (C=O) groups is 2. The summed E-state index contributed by atoms with van der Waals surface area (Å²) >= 11 is 4.61. The number of ether oxygens (including phenoxy) is 1. The molecule has 0 fully saturated rings. The lowest BCUT2D eigenvalue weighted by molar-refractivity contribution is -0.119. The lowest BCUT2D eigenvalue weighted by Crippen LogP contribution is -2.19. The molecule has 0 aliphatic carbocycles. The molecule has 0 saturated carbocycles. The quantitative estimate of drug-likeness (QED) is 0.249. The second-order valence-corrected chi connectivity index (χ2v) is 9.93. The number of amides is 2. The van der Waals surface area contributed by atoms with Crippen molar-refractivity contribution in [3.63, 3.8) is 0 Å². The van der Waals surface area contributed by atoms with E-state index < -0.39 is 5.91 Å². The zero-order valence-electron chi connectivity index (χ0n) is 19.7. The van der Waals surface area contributed by atoms with Crippen LogP contribution in [-0.4, -0.2) is 23.4 Å². The summed E-state index contributed by atoms with van der Waals surface area (Å²) in [4.78, 5) is 28.6. The number of primary amides is 1. The Hall–Kier alpha value is -4.26. The summed E-state index contributed by atoms with van der Waals surface area (Å²) < 4.78 is 6.16. The molecule has 1 heterocycles. The van der Waals surface area contributed by atoms with Crippen molar-refractivity contribution in [2.45, 2.75) is 6.92 Å². The average molecular weight is 573 g/mol. The second kappa shape index (κ2) is 11.6. The highest BCUT2D eigenvalue weighted by molar-refractivity contribution is 9.10. The van der Waals surface area contributed by atoms with Gasteiger partial charge >= 0.3 is 0 Å². The van der Waals surface area contributed by atoms with Crippen molar-refractivity contribution in [3.05, 3.63) is 99.0 Å². The SMILES string of the molecule is Cc1ccc(-c2nc(C(C#N)=Cc3ccc(OCC(N)=O)cc3)sc2NC(=O)c2ccc(Br)cc2)cc1. The number of allylic oxidation sites excluding steroid dienone is 1. The van der Waals surface area contributed by atoms with E-state index >= 15 is 0 Å². The summed E-state index contributed by atoms with van der Waals surface area (Å²) in [6.45, 7) is 1.78. The second-order valence-electron chi connectivity index (χ2n) is 8.02. The number of halogens is 1. The summed E-state index contributed by atoms with van der Waals surface area (Å²) in [6, 6.07) is 24.0. The lowest BCUT2D eigenvalue weighted by atomic mass is 10.1. The molecule has 0 spiro atoms. The van der Waals surface area contributed by atoms with Crippen LogP contribution in [0.25, 0.3) is 22.9 Å². The molecule has 37 heavy (non-hydrogen) atoms. The van der Waals surface area contributed by atoms with E-state index in [2.05, 4.69) is 27.3 Å². The molecule has 7 nitrogen and oxygen atoms in total. The van der Waals surface area contributed by atoms with Gasteiger partial charge < -0.3 is 15.8 Å². The van der Waals surface area contributed by atoms with Crippen LogP contribution in [0.1, 0.15) is 26.5 Å². The van der Waals surface area contributed by atoms with Gasteiger partial charge in [0.25, 0.3) is 11.8 Å². The van der Waals surface area contributed by atoms with E-state index in [1.807, 2.05) is 31.2 Å². The standard InChI is InChI=1S/C28H21BrN4O3S/c1-17-2-6-19(7-3-17)25-28(33-26(35)20-8-10-22(29)11-9-20)37-27(32-25)21(15-30)14-18-4-12-23(13-5-18)36-16-24(31)34/h2-14H,16H2,1H3,(H2,31,34)(H,33,35). The normalized spacial score (nSPS) is 11.0. The Morgan fingerprint density at radius 3 is 2.38 bits per heavy atom. The maximum Gasteiger partial charge on any atom is 0.256 e. The maximum atomic E-state index is 13.0. The van der Waals surface area contributed by atoms with E-state index in [1.165, 1.54) is 11.3 Å². The monoisotopic (exact) mass is 572 g/mol. The molecule has 0 aliphatic heterocycles. The molecule has 0 radical (unpaired) electrons. The zero-order chi connectivity index (χ0) is 26.4. The fourth-order valence-electron chi connectivity index (χ4n) is 3.33. The summed E-state index contributed by atoms with van der Waals surface area (Å²) in [6.07, 6.45) is 1.70. The number of carbonyl (C=O) groups excluding carboxylic acids is 2. The Kier molecular flexibility index (Phi) is 8.13. The van der Waals surface area contributed by atoms with Crippen LogP contribution in [0.4, 0.5) is 5.00 Å². The maximum absolute atomic E-state index is 13.0. The smallest absolute Gasteiger partial charge is 0.256 e. The number of nitrogens with one attached hydrogen (secondary N) is 1. The van der Waals surface area contributed by atoms with Gasteiger partial charge in [0.15, 0.2) is 6.61 Å². The fourth-order valence-corrected chi connectivity index (χ4v) is 4.54. The number of aromatic nitrogens is 1. The third kappa shape index (κ3) is 6.70. The highest BCUT2D eigenvalue weighted by Gasteiger charge is 2.19. The average Bonchev–Trinajstić information content (AvgIpc) is 3.30. The first-order chi connectivity index (χ1) is 17.8. The summed E-state index contributed by atoms with van der Waals surface area (Å²) in [5, 5.41) is 13.9. The summed E-state index contributed by atoms with van der Waals surface area (Å²) in [5.41, 5.74) is 9.21. The number of anilines is 1. The van der Waals surface area contributed by atoms with Gasteiger partial charge in [-0.05, 0) is 55.0 Å². The minimum Gasteiger partial charge on any atom is -0.484 e. The molecule has 9 heteroatoms. The van der Waals surface area contributed by atoms with Crippen LogP contribution in [-0.2, 0) is 4.79 Å². The van der Waals surface area contributed by atoms with Crippen molar-refractivity contribution in [2.24, 2.45) is 5.73 Å². The van der Waals surface area contributed by atoms with Crippen molar-refractivity contribution in [2.75, 3.05) is 11.9 Å². The number of nitrogens with two attached hydrogens (primary N) is 1. The molecule has 2 amide bonds. The van der Waals surface area contributed by atoms with Crippen LogP contribution < -0.4 is 15.8 Å². The number of hydrogen-bond acceptors (Lipinski definition) is 6. The molecular weight excluding hydrogens is 552 g/mol. The van der Waals surface area contributed by atoms with Crippen molar-refractivity contribution >= 4 is 55.7 Å². The predicted octanol–water partition coefficient (Wildman–Crippen LogP) is 6.06. The van der Waals surface area contributed by atoms with E-state index in [0.29, 0.717) is 32.6 Å². The van der Waals surface area contributed by atoms with Crippen molar-refractivity contribution < 1.29 is 14.3 Å². The Labute approximate surface area is 226 Å². The van der Waals surface area contributed by atoms with Crippen LogP contribution in [0.15, 0.2) is 77.3 Å². The highest BCUT2D eigenvalue weighted by Crippen LogP contribution is 2.37. The Morgan fingerprint density at radius 2 is 1.76 bits per heavy atom. The third-order valence-electron chi connectivity index (χ3n) is 5.21. The van der Waals surface area contributed by atoms with Crippen LogP contribution in [0.3, 0.4) is 0 Å². The Morgan fingerprint density at radius 1 is 1.08 bits per heavy atom.